The van der Waals surface area contributed by atoms with Crippen molar-refractivity contribution in [3.8, 4) is 0 Å². The van der Waals surface area contributed by atoms with E-state index >= 15 is 0 Å². The number of nitrogens with zero attached hydrogens (tertiary/aromatic N) is 3. The van der Waals surface area contributed by atoms with Crippen LogP contribution in [0.2, 0.25) is 0 Å². The highest BCUT2D eigenvalue weighted by Gasteiger charge is 2.19. The van der Waals surface area contributed by atoms with Crippen molar-refractivity contribution in [2.45, 2.75) is 0 Å². The molecule has 102 valence electrons. The Kier molecular flexibility index (Phi) is 3.90. The zero-order chi connectivity index (χ0) is 14.5. The largest absolute Gasteiger partial charge is 0.452 e. The minimum absolute atomic E-state index is 0.0479. The summed E-state index contributed by atoms with van der Waals surface area (Å²) >= 11 is 0. The number of carbonyl (C=O) groups excluding carboxylic acids is 1. The Bertz CT molecular complexity index is 613. The van der Waals surface area contributed by atoms with Crippen LogP contribution in [0.1, 0.15) is 0 Å². The molecule has 2 rings (SSSR count). The highest BCUT2D eigenvalue weighted by molar-refractivity contribution is 5.95. The number of anilines is 2. The molecule has 1 amide bonds. The van der Waals surface area contributed by atoms with Crippen LogP contribution in [-0.2, 0) is 4.74 Å². The fourth-order valence-corrected chi connectivity index (χ4v) is 1.67. The summed E-state index contributed by atoms with van der Waals surface area (Å²) in [6.45, 7) is 0. The molecule has 7 nitrogen and oxygen atoms in total. The monoisotopic (exact) mass is 273 g/mol. The highest BCUT2D eigenvalue weighted by atomic mass is 16.6. The van der Waals surface area contributed by atoms with Gasteiger partial charge >= 0.3 is 6.09 Å². The highest BCUT2D eigenvalue weighted by Crippen LogP contribution is 2.27. The second kappa shape index (κ2) is 5.79. The lowest BCUT2D eigenvalue weighted by Gasteiger charge is -2.20. The molecule has 1 heterocycles. The van der Waals surface area contributed by atoms with E-state index in [1.807, 2.05) is 0 Å². The molecule has 0 bridgehead atoms. The van der Waals surface area contributed by atoms with Gasteiger partial charge < -0.3 is 4.74 Å². The minimum Gasteiger partial charge on any atom is -0.452 e. The summed E-state index contributed by atoms with van der Waals surface area (Å²) in [5.74, 6) is 0. The number of rotatable bonds is 3. The maximum Gasteiger partial charge on any atom is 0.418 e. The van der Waals surface area contributed by atoms with Crippen molar-refractivity contribution in [3.63, 3.8) is 0 Å². The summed E-state index contributed by atoms with van der Waals surface area (Å²) < 4.78 is 4.73. The van der Waals surface area contributed by atoms with Crippen molar-refractivity contribution in [2.75, 3.05) is 12.0 Å². The number of ether oxygens (including phenoxy) is 1. The Morgan fingerprint density at radius 1 is 1.15 bits per heavy atom. The first-order chi connectivity index (χ1) is 9.63. The quantitative estimate of drug-likeness (QED) is 0.634. The lowest BCUT2D eigenvalue weighted by Crippen LogP contribution is -2.25. The van der Waals surface area contributed by atoms with Crippen molar-refractivity contribution in [1.29, 1.82) is 0 Å². The molecule has 0 radical (unpaired) electrons. The molecule has 0 fully saturated rings. The van der Waals surface area contributed by atoms with Crippen LogP contribution in [0.25, 0.3) is 0 Å². The van der Waals surface area contributed by atoms with Gasteiger partial charge in [0, 0.05) is 24.5 Å². The number of nitro benzene ring substituents is 1. The molecule has 20 heavy (non-hydrogen) atoms. The average molecular weight is 273 g/mol. The van der Waals surface area contributed by atoms with Gasteiger partial charge in [0.15, 0.2) is 0 Å². The Balaban J connectivity index is 2.42. The molecule has 0 aliphatic heterocycles. The van der Waals surface area contributed by atoms with Crippen molar-refractivity contribution >= 4 is 23.2 Å². The summed E-state index contributed by atoms with van der Waals surface area (Å²) in [4.78, 5) is 27.2. The number of amides is 1. The van der Waals surface area contributed by atoms with Gasteiger partial charge in [-0.1, -0.05) is 0 Å². The zero-order valence-corrected chi connectivity index (χ0v) is 10.6. The van der Waals surface area contributed by atoms with Crippen molar-refractivity contribution in [1.82, 2.24) is 4.98 Å². The van der Waals surface area contributed by atoms with Crippen LogP contribution in [-0.4, -0.2) is 23.1 Å². The van der Waals surface area contributed by atoms with E-state index in [9.17, 15) is 14.9 Å². The van der Waals surface area contributed by atoms with Gasteiger partial charge in [-0.25, -0.2) is 9.69 Å². The second-order valence-corrected chi connectivity index (χ2v) is 3.78. The van der Waals surface area contributed by atoms with E-state index in [0.29, 0.717) is 11.4 Å². The molecule has 0 saturated carbocycles. The van der Waals surface area contributed by atoms with E-state index in [1.54, 1.807) is 12.1 Å². The van der Waals surface area contributed by atoms with Crippen molar-refractivity contribution in [2.24, 2.45) is 0 Å². The number of hydrogen-bond acceptors (Lipinski definition) is 5. The average Bonchev–Trinajstić information content (AvgIpc) is 2.49. The molecule has 0 spiro atoms. The summed E-state index contributed by atoms with van der Waals surface area (Å²) in [5, 5.41) is 10.6. The van der Waals surface area contributed by atoms with Gasteiger partial charge in [0.2, 0.25) is 0 Å². The third-order valence-corrected chi connectivity index (χ3v) is 2.60. The summed E-state index contributed by atoms with van der Waals surface area (Å²) in [7, 11) is 1.27. The maximum absolute atomic E-state index is 11.9. The maximum atomic E-state index is 11.9. The number of carbonyl (C=O) groups is 1. The van der Waals surface area contributed by atoms with Crippen LogP contribution >= 0.6 is 0 Å². The Morgan fingerprint density at radius 3 is 2.20 bits per heavy atom. The SMILES string of the molecule is COC(=O)N(c1ccncc1)c1ccc([N+](=O)[O-])cc1. The number of methoxy groups -OCH3 is 1. The predicted molar refractivity (Wildman–Crippen MR) is 71.9 cm³/mol. The number of non-ortho nitro benzene ring substituents is 1. The number of pyridine rings is 1. The van der Waals surface area contributed by atoms with Crippen molar-refractivity contribution in [3.05, 3.63) is 58.9 Å². The number of hydrogen-bond donors (Lipinski definition) is 0. The van der Waals surface area contributed by atoms with E-state index in [0.717, 1.165) is 0 Å². The van der Waals surface area contributed by atoms with Crippen molar-refractivity contribution < 1.29 is 14.5 Å². The van der Waals surface area contributed by atoms with E-state index in [-0.39, 0.29) is 5.69 Å². The molecule has 0 aliphatic carbocycles. The van der Waals surface area contributed by atoms with Crippen LogP contribution in [0.15, 0.2) is 48.8 Å². The number of benzene rings is 1. The molecule has 0 atom stereocenters. The van der Waals surface area contributed by atoms with Gasteiger partial charge in [-0.15, -0.1) is 0 Å². The van der Waals surface area contributed by atoms with Crippen LogP contribution in [0.4, 0.5) is 21.9 Å². The van der Waals surface area contributed by atoms with Gasteiger partial charge in [0.1, 0.15) is 0 Å². The standard InChI is InChI=1S/C13H11N3O4/c1-20-13(17)15(11-6-8-14-9-7-11)10-2-4-12(5-3-10)16(18)19/h2-9H,1H3. The molecule has 0 N–H and O–H groups in total. The van der Waals surface area contributed by atoms with Gasteiger partial charge in [-0.3, -0.25) is 15.1 Å². The van der Waals surface area contributed by atoms with Crippen LogP contribution in [0, 0.1) is 10.1 Å². The van der Waals surface area contributed by atoms with E-state index < -0.39 is 11.0 Å². The third-order valence-electron chi connectivity index (χ3n) is 2.60. The predicted octanol–water partition coefficient (Wildman–Crippen LogP) is 2.89. The van der Waals surface area contributed by atoms with Crippen LogP contribution in [0.3, 0.4) is 0 Å². The fourth-order valence-electron chi connectivity index (χ4n) is 1.67. The topological polar surface area (TPSA) is 85.6 Å². The minimum atomic E-state index is -0.593. The van der Waals surface area contributed by atoms with Crippen LogP contribution < -0.4 is 4.90 Å². The van der Waals surface area contributed by atoms with Crippen LogP contribution in [0.5, 0.6) is 0 Å². The Labute approximate surface area is 114 Å². The first kappa shape index (κ1) is 13.5. The second-order valence-electron chi connectivity index (χ2n) is 3.78. The molecule has 0 aliphatic rings. The molecule has 2 aromatic rings. The lowest BCUT2D eigenvalue weighted by atomic mass is 10.2. The zero-order valence-electron chi connectivity index (χ0n) is 10.6. The first-order valence-electron chi connectivity index (χ1n) is 5.66. The number of nitro groups is 1. The van der Waals surface area contributed by atoms with E-state index in [1.165, 1.54) is 48.7 Å². The summed E-state index contributed by atoms with van der Waals surface area (Å²) in [6.07, 6.45) is 2.48. The summed E-state index contributed by atoms with van der Waals surface area (Å²) in [6, 6.07) is 8.89. The van der Waals surface area contributed by atoms with E-state index in [4.69, 9.17) is 4.74 Å². The van der Waals surface area contributed by atoms with E-state index in [2.05, 4.69) is 4.98 Å². The Hall–Kier alpha value is -2.96. The molecule has 1 aromatic heterocycles. The molecule has 0 saturated heterocycles. The summed E-state index contributed by atoms with van der Waals surface area (Å²) in [5.41, 5.74) is 0.975. The smallest absolute Gasteiger partial charge is 0.418 e. The normalized spacial score (nSPS) is 9.85. The Morgan fingerprint density at radius 2 is 1.70 bits per heavy atom. The number of aromatic nitrogens is 1. The van der Waals surface area contributed by atoms with Gasteiger partial charge in [-0.05, 0) is 24.3 Å². The molecule has 1 aromatic carbocycles. The van der Waals surface area contributed by atoms with Gasteiger partial charge in [0.25, 0.3) is 5.69 Å². The molecular formula is C13H11N3O4. The van der Waals surface area contributed by atoms with Gasteiger partial charge in [0.05, 0.1) is 23.4 Å². The first-order valence-corrected chi connectivity index (χ1v) is 5.66. The molecule has 0 unspecified atom stereocenters. The lowest BCUT2D eigenvalue weighted by molar-refractivity contribution is -0.384. The fraction of sp³-hybridized carbons (Fsp3) is 0.0769. The molecule has 7 heteroatoms. The third kappa shape index (κ3) is 2.72. The molecular weight excluding hydrogens is 262 g/mol. The van der Waals surface area contributed by atoms with Gasteiger partial charge in [-0.2, -0.15) is 0 Å².